The van der Waals surface area contributed by atoms with E-state index in [2.05, 4.69) is 0 Å². The van der Waals surface area contributed by atoms with Crippen molar-refractivity contribution in [1.29, 1.82) is 0 Å². The molecule has 0 aliphatic heterocycles. The Labute approximate surface area is 138 Å². The number of hydrogen-bond acceptors (Lipinski definition) is 5. The first-order chi connectivity index (χ1) is 10.9. The van der Waals surface area contributed by atoms with E-state index in [9.17, 15) is 12.8 Å². The smallest absolute Gasteiger partial charge is 0.339 e. The number of methoxy groups -OCH3 is 1. The summed E-state index contributed by atoms with van der Waals surface area (Å²) in [5, 5.41) is -0.131. The maximum Gasteiger partial charge on any atom is 0.339 e. The van der Waals surface area contributed by atoms with Gasteiger partial charge in [-0.15, -0.1) is 0 Å². The van der Waals surface area contributed by atoms with E-state index in [1.807, 2.05) is 0 Å². The van der Waals surface area contributed by atoms with Crippen molar-refractivity contribution >= 4 is 21.7 Å². The van der Waals surface area contributed by atoms with E-state index in [0.717, 1.165) is 18.2 Å². The molecule has 0 saturated heterocycles. The van der Waals surface area contributed by atoms with Crippen LogP contribution < -0.4 is 8.92 Å². The molecule has 0 saturated carbocycles. The standard InChI is InChI=1S/C15H14ClFO5S/c1-20-8-9-21-12-3-5-13(6-4-12)23(18,19)22-15-7-2-11(17)10-14(15)16/h2-7,10H,8-9H2,1H3. The minimum Gasteiger partial charge on any atom is -0.491 e. The molecule has 2 aromatic carbocycles. The summed E-state index contributed by atoms with van der Waals surface area (Å²) in [5.41, 5.74) is 0. The summed E-state index contributed by atoms with van der Waals surface area (Å²) in [6, 6.07) is 8.86. The number of halogens is 2. The zero-order valence-corrected chi connectivity index (χ0v) is 13.7. The average Bonchev–Trinajstić information content (AvgIpc) is 2.51. The highest BCUT2D eigenvalue weighted by molar-refractivity contribution is 7.87. The largest absolute Gasteiger partial charge is 0.491 e. The van der Waals surface area contributed by atoms with E-state index >= 15 is 0 Å². The lowest BCUT2D eigenvalue weighted by atomic mass is 10.3. The minimum absolute atomic E-state index is 0.0722. The molecule has 23 heavy (non-hydrogen) atoms. The second kappa shape index (κ2) is 7.63. The van der Waals surface area contributed by atoms with Crippen LogP contribution in [0.15, 0.2) is 47.4 Å². The molecule has 2 rings (SSSR count). The maximum atomic E-state index is 13.0. The van der Waals surface area contributed by atoms with Crippen molar-refractivity contribution in [3.8, 4) is 11.5 Å². The van der Waals surface area contributed by atoms with E-state index in [1.165, 1.54) is 24.3 Å². The van der Waals surface area contributed by atoms with Gasteiger partial charge in [0.2, 0.25) is 0 Å². The Hall–Kier alpha value is -1.83. The molecule has 0 radical (unpaired) electrons. The second-order valence-corrected chi connectivity index (χ2v) is 6.38. The number of benzene rings is 2. The van der Waals surface area contributed by atoms with Crippen molar-refractivity contribution in [2.24, 2.45) is 0 Å². The Morgan fingerprint density at radius 2 is 1.78 bits per heavy atom. The summed E-state index contributed by atoms with van der Waals surface area (Å²) in [5.74, 6) is -0.230. The Morgan fingerprint density at radius 3 is 2.39 bits per heavy atom. The molecule has 0 bridgehead atoms. The van der Waals surface area contributed by atoms with Crippen LogP contribution >= 0.6 is 11.6 Å². The molecular formula is C15H14ClFO5S. The fourth-order valence-corrected chi connectivity index (χ4v) is 2.85. The average molecular weight is 361 g/mol. The monoisotopic (exact) mass is 360 g/mol. The van der Waals surface area contributed by atoms with Gasteiger partial charge >= 0.3 is 10.1 Å². The molecule has 0 heterocycles. The van der Waals surface area contributed by atoms with Crippen LogP contribution in [0.1, 0.15) is 0 Å². The number of rotatable bonds is 7. The zero-order valence-electron chi connectivity index (χ0n) is 12.2. The van der Waals surface area contributed by atoms with Gasteiger partial charge in [0.05, 0.1) is 11.6 Å². The van der Waals surface area contributed by atoms with E-state index < -0.39 is 15.9 Å². The predicted octanol–water partition coefficient (Wildman–Crippen LogP) is 3.27. The molecule has 8 heteroatoms. The normalized spacial score (nSPS) is 11.3. The second-order valence-electron chi connectivity index (χ2n) is 4.42. The van der Waals surface area contributed by atoms with Gasteiger partial charge in [-0.2, -0.15) is 8.42 Å². The molecule has 0 spiro atoms. The van der Waals surface area contributed by atoms with Gasteiger partial charge in [0.25, 0.3) is 0 Å². The van der Waals surface area contributed by atoms with Crippen LogP contribution in [0.25, 0.3) is 0 Å². The molecule has 0 unspecified atom stereocenters. The topological polar surface area (TPSA) is 61.8 Å². The van der Waals surface area contributed by atoms with Gasteiger partial charge in [-0.05, 0) is 42.5 Å². The summed E-state index contributed by atoms with van der Waals surface area (Å²) in [6.07, 6.45) is 0. The summed E-state index contributed by atoms with van der Waals surface area (Å²) in [4.78, 5) is -0.0722. The number of ether oxygens (including phenoxy) is 2. The quantitative estimate of drug-likeness (QED) is 0.560. The zero-order chi connectivity index (χ0) is 16.9. The first-order valence-corrected chi connectivity index (χ1v) is 8.32. The molecule has 0 amide bonds. The third kappa shape index (κ3) is 4.82. The highest BCUT2D eigenvalue weighted by Crippen LogP contribution is 2.28. The van der Waals surface area contributed by atoms with Gasteiger partial charge < -0.3 is 13.7 Å². The lowest BCUT2D eigenvalue weighted by molar-refractivity contribution is 0.146. The lowest BCUT2D eigenvalue weighted by Crippen LogP contribution is -2.10. The van der Waals surface area contributed by atoms with Crippen LogP contribution in [0.2, 0.25) is 5.02 Å². The molecule has 0 aromatic heterocycles. The Balaban J connectivity index is 2.13. The van der Waals surface area contributed by atoms with E-state index in [0.29, 0.717) is 19.0 Å². The van der Waals surface area contributed by atoms with E-state index in [4.69, 9.17) is 25.3 Å². The van der Waals surface area contributed by atoms with Gasteiger partial charge in [-0.1, -0.05) is 11.6 Å². The van der Waals surface area contributed by atoms with Gasteiger partial charge in [0, 0.05) is 7.11 Å². The molecule has 0 aliphatic carbocycles. The molecule has 2 aromatic rings. The molecule has 0 atom stereocenters. The third-order valence-corrected chi connectivity index (χ3v) is 4.31. The van der Waals surface area contributed by atoms with Crippen LogP contribution in [-0.4, -0.2) is 28.7 Å². The molecule has 124 valence electrons. The maximum absolute atomic E-state index is 13.0. The Bertz CT molecular complexity index is 762. The molecule has 0 fully saturated rings. The Kier molecular flexibility index (Phi) is 5.81. The predicted molar refractivity (Wildman–Crippen MR) is 83.0 cm³/mol. The Morgan fingerprint density at radius 1 is 1.09 bits per heavy atom. The summed E-state index contributed by atoms with van der Waals surface area (Å²) in [7, 11) is -2.53. The lowest BCUT2D eigenvalue weighted by Gasteiger charge is -2.09. The van der Waals surface area contributed by atoms with Crippen LogP contribution in [0.4, 0.5) is 4.39 Å². The third-order valence-electron chi connectivity index (χ3n) is 2.76. The van der Waals surface area contributed by atoms with Crippen LogP contribution in [0.5, 0.6) is 11.5 Å². The van der Waals surface area contributed by atoms with Crippen LogP contribution in [0.3, 0.4) is 0 Å². The molecule has 5 nitrogen and oxygen atoms in total. The van der Waals surface area contributed by atoms with Crippen molar-refractivity contribution in [1.82, 2.24) is 0 Å². The fourth-order valence-electron chi connectivity index (χ4n) is 1.65. The van der Waals surface area contributed by atoms with E-state index in [-0.39, 0.29) is 15.7 Å². The minimum atomic E-state index is -4.08. The van der Waals surface area contributed by atoms with Gasteiger partial charge in [0.15, 0.2) is 5.75 Å². The SMILES string of the molecule is COCCOc1ccc(S(=O)(=O)Oc2ccc(F)cc2Cl)cc1. The summed E-state index contributed by atoms with van der Waals surface area (Å²) in [6.45, 7) is 0.774. The molecular weight excluding hydrogens is 347 g/mol. The van der Waals surface area contributed by atoms with Gasteiger partial charge in [0.1, 0.15) is 23.1 Å². The van der Waals surface area contributed by atoms with Crippen molar-refractivity contribution in [3.05, 3.63) is 53.3 Å². The van der Waals surface area contributed by atoms with Crippen molar-refractivity contribution < 1.29 is 26.5 Å². The summed E-state index contributed by atoms with van der Waals surface area (Å²) < 4.78 is 52.4. The van der Waals surface area contributed by atoms with E-state index in [1.54, 1.807) is 7.11 Å². The highest BCUT2D eigenvalue weighted by Gasteiger charge is 2.18. The summed E-state index contributed by atoms with van der Waals surface area (Å²) >= 11 is 5.76. The molecule has 0 aliphatic rings. The van der Waals surface area contributed by atoms with Crippen molar-refractivity contribution in [2.75, 3.05) is 20.3 Å². The first kappa shape index (κ1) is 17.5. The van der Waals surface area contributed by atoms with Crippen LogP contribution in [0, 0.1) is 5.82 Å². The van der Waals surface area contributed by atoms with Crippen LogP contribution in [-0.2, 0) is 14.9 Å². The first-order valence-electron chi connectivity index (χ1n) is 6.54. The van der Waals surface area contributed by atoms with Gasteiger partial charge in [-0.25, -0.2) is 4.39 Å². The number of hydrogen-bond donors (Lipinski definition) is 0. The van der Waals surface area contributed by atoms with Crippen molar-refractivity contribution in [2.45, 2.75) is 4.90 Å². The fraction of sp³-hybridized carbons (Fsp3) is 0.200. The van der Waals surface area contributed by atoms with Gasteiger partial charge in [-0.3, -0.25) is 0 Å². The van der Waals surface area contributed by atoms with Crippen molar-refractivity contribution in [3.63, 3.8) is 0 Å². The molecule has 0 N–H and O–H groups in total. The highest BCUT2D eigenvalue weighted by atomic mass is 35.5.